The zero-order valence-electron chi connectivity index (χ0n) is 9.16. The molecule has 2 N–H and O–H groups in total. The smallest absolute Gasteiger partial charge is 0.236 e. The molecule has 0 aromatic rings. The molecule has 0 radical (unpaired) electrons. The number of aliphatic hydroxyl groups excluding tert-OH is 1. The number of carbonyl (C=O) groups is 1. The molecule has 82 valence electrons. The highest BCUT2D eigenvalue weighted by Gasteiger charge is 2.31. The Morgan fingerprint density at radius 2 is 2.29 bits per heavy atom. The second kappa shape index (κ2) is 4.75. The molecule has 1 fully saturated rings. The topological polar surface area (TPSA) is 52.6 Å². The lowest BCUT2D eigenvalue weighted by Gasteiger charge is -2.39. The molecule has 3 atom stereocenters. The lowest BCUT2D eigenvalue weighted by molar-refractivity contribution is -0.128. The van der Waals surface area contributed by atoms with Crippen LogP contribution in [0.1, 0.15) is 26.7 Å². The zero-order chi connectivity index (χ0) is 10.7. The van der Waals surface area contributed by atoms with E-state index in [0.717, 1.165) is 19.4 Å². The van der Waals surface area contributed by atoms with E-state index in [9.17, 15) is 9.90 Å². The van der Waals surface area contributed by atoms with Crippen LogP contribution in [0.15, 0.2) is 0 Å². The largest absolute Gasteiger partial charge is 0.392 e. The molecule has 4 nitrogen and oxygen atoms in total. The summed E-state index contributed by atoms with van der Waals surface area (Å²) in [5.41, 5.74) is 0. The van der Waals surface area contributed by atoms with Crippen molar-refractivity contribution in [3.8, 4) is 0 Å². The number of amides is 1. The van der Waals surface area contributed by atoms with Crippen molar-refractivity contribution in [2.24, 2.45) is 0 Å². The maximum atomic E-state index is 11.4. The monoisotopic (exact) mass is 200 g/mol. The molecule has 1 aliphatic heterocycles. The van der Waals surface area contributed by atoms with Crippen LogP contribution in [0, 0.1) is 0 Å². The van der Waals surface area contributed by atoms with Gasteiger partial charge >= 0.3 is 0 Å². The number of hydrogen-bond donors (Lipinski definition) is 2. The van der Waals surface area contributed by atoms with Gasteiger partial charge in [0.25, 0.3) is 0 Å². The number of carbonyl (C=O) groups excluding carboxylic acids is 1. The molecule has 1 heterocycles. The third-order valence-corrected chi connectivity index (χ3v) is 3.12. The van der Waals surface area contributed by atoms with E-state index < -0.39 is 0 Å². The van der Waals surface area contributed by atoms with Gasteiger partial charge in [-0.1, -0.05) is 0 Å². The molecule has 0 aromatic heterocycles. The fourth-order valence-corrected chi connectivity index (χ4v) is 2.05. The van der Waals surface area contributed by atoms with Gasteiger partial charge in [-0.3, -0.25) is 9.69 Å². The SMILES string of the molecule is CNC(=O)C(C)N1CCCC(O)C1C. The maximum absolute atomic E-state index is 11.4. The van der Waals surface area contributed by atoms with Gasteiger partial charge in [0.1, 0.15) is 0 Å². The van der Waals surface area contributed by atoms with Crippen LogP contribution in [-0.4, -0.2) is 47.7 Å². The van der Waals surface area contributed by atoms with E-state index >= 15 is 0 Å². The molecule has 4 heteroatoms. The number of likely N-dealkylation sites (N-methyl/N-ethyl adjacent to an activating group) is 1. The summed E-state index contributed by atoms with van der Waals surface area (Å²) in [6.07, 6.45) is 1.51. The Hall–Kier alpha value is -0.610. The van der Waals surface area contributed by atoms with Crippen LogP contribution < -0.4 is 5.32 Å². The van der Waals surface area contributed by atoms with Gasteiger partial charge in [-0.05, 0) is 33.2 Å². The lowest BCUT2D eigenvalue weighted by Crippen LogP contribution is -2.54. The summed E-state index contributed by atoms with van der Waals surface area (Å²) in [6.45, 7) is 4.75. The van der Waals surface area contributed by atoms with E-state index in [1.165, 1.54) is 0 Å². The number of piperidine rings is 1. The number of nitrogens with zero attached hydrogens (tertiary/aromatic N) is 1. The van der Waals surface area contributed by atoms with Crippen LogP contribution in [0.2, 0.25) is 0 Å². The zero-order valence-corrected chi connectivity index (χ0v) is 9.16. The highest BCUT2D eigenvalue weighted by molar-refractivity contribution is 5.81. The van der Waals surface area contributed by atoms with Crippen molar-refractivity contribution in [1.82, 2.24) is 10.2 Å². The predicted molar refractivity (Wildman–Crippen MR) is 54.9 cm³/mol. The third kappa shape index (κ3) is 2.25. The average Bonchev–Trinajstić information content (AvgIpc) is 2.20. The highest BCUT2D eigenvalue weighted by Crippen LogP contribution is 2.19. The number of likely N-dealkylation sites (tertiary alicyclic amines) is 1. The summed E-state index contributed by atoms with van der Waals surface area (Å²) in [4.78, 5) is 13.5. The second-order valence-corrected chi connectivity index (χ2v) is 3.98. The van der Waals surface area contributed by atoms with Crippen LogP contribution in [0.4, 0.5) is 0 Å². The van der Waals surface area contributed by atoms with Crippen molar-refractivity contribution in [2.75, 3.05) is 13.6 Å². The first-order chi connectivity index (χ1) is 6.57. The number of aliphatic hydroxyl groups is 1. The van der Waals surface area contributed by atoms with Crippen LogP contribution >= 0.6 is 0 Å². The molecule has 0 aliphatic carbocycles. The van der Waals surface area contributed by atoms with Crippen molar-refractivity contribution in [2.45, 2.75) is 44.9 Å². The van der Waals surface area contributed by atoms with Crippen LogP contribution in [0.5, 0.6) is 0 Å². The molecule has 1 saturated heterocycles. The van der Waals surface area contributed by atoms with Gasteiger partial charge < -0.3 is 10.4 Å². The second-order valence-electron chi connectivity index (χ2n) is 3.98. The molecule has 0 bridgehead atoms. The van der Waals surface area contributed by atoms with E-state index in [0.29, 0.717) is 0 Å². The van der Waals surface area contributed by atoms with E-state index in [2.05, 4.69) is 10.2 Å². The summed E-state index contributed by atoms with van der Waals surface area (Å²) in [5.74, 6) is 0.0194. The Morgan fingerprint density at radius 1 is 1.64 bits per heavy atom. The van der Waals surface area contributed by atoms with Gasteiger partial charge in [0.15, 0.2) is 0 Å². The molecule has 0 spiro atoms. The van der Waals surface area contributed by atoms with Crippen LogP contribution in [0.3, 0.4) is 0 Å². The molecule has 1 aliphatic rings. The van der Waals surface area contributed by atoms with Gasteiger partial charge in [-0.15, -0.1) is 0 Å². The van der Waals surface area contributed by atoms with E-state index in [4.69, 9.17) is 0 Å². The standard InChI is InChI=1S/C10H20N2O2/c1-7-9(13)5-4-6-12(7)8(2)10(14)11-3/h7-9,13H,4-6H2,1-3H3,(H,11,14). The predicted octanol–water partition coefficient (Wildman–Crippen LogP) is -0.0339. The van der Waals surface area contributed by atoms with Gasteiger partial charge in [-0.2, -0.15) is 0 Å². The first kappa shape index (κ1) is 11.5. The molecule has 0 saturated carbocycles. The van der Waals surface area contributed by atoms with Gasteiger partial charge in [0.05, 0.1) is 12.1 Å². The van der Waals surface area contributed by atoms with E-state index in [-0.39, 0.29) is 24.1 Å². The molecule has 1 amide bonds. The molecular weight excluding hydrogens is 180 g/mol. The Bertz CT molecular complexity index is 208. The molecular formula is C10H20N2O2. The van der Waals surface area contributed by atoms with Crippen LogP contribution in [-0.2, 0) is 4.79 Å². The summed E-state index contributed by atoms with van der Waals surface area (Å²) in [6, 6.07) is -0.0685. The van der Waals surface area contributed by atoms with Crippen molar-refractivity contribution in [1.29, 1.82) is 0 Å². The fraction of sp³-hybridized carbons (Fsp3) is 0.900. The van der Waals surface area contributed by atoms with Crippen molar-refractivity contribution < 1.29 is 9.90 Å². The number of hydrogen-bond acceptors (Lipinski definition) is 3. The minimum absolute atomic E-state index is 0.0194. The average molecular weight is 200 g/mol. The quantitative estimate of drug-likeness (QED) is 0.658. The van der Waals surface area contributed by atoms with Crippen molar-refractivity contribution in [3.05, 3.63) is 0 Å². The number of nitrogens with one attached hydrogen (secondary N) is 1. The Morgan fingerprint density at radius 3 is 2.86 bits per heavy atom. The Labute approximate surface area is 85.3 Å². The Kier molecular flexibility index (Phi) is 3.89. The third-order valence-electron chi connectivity index (χ3n) is 3.12. The van der Waals surface area contributed by atoms with E-state index in [1.54, 1.807) is 7.05 Å². The highest BCUT2D eigenvalue weighted by atomic mass is 16.3. The lowest BCUT2D eigenvalue weighted by atomic mass is 9.98. The first-order valence-electron chi connectivity index (χ1n) is 5.23. The maximum Gasteiger partial charge on any atom is 0.236 e. The molecule has 1 rings (SSSR count). The summed E-state index contributed by atoms with van der Waals surface area (Å²) < 4.78 is 0. The fourth-order valence-electron chi connectivity index (χ4n) is 2.05. The first-order valence-corrected chi connectivity index (χ1v) is 5.23. The minimum Gasteiger partial charge on any atom is -0.392 e. The van der Waals surface area contributed by atoms with Gasteiger partial charge in [0, 0.05) is 13.1 Å². The molecule has 14 heavy (non-hydrogen) atoms. The van der Waals surface area contributed by atoms with Crippen molar-refractivity contribution in [3.63, 3.8) is 0 Å². The summed E-state index contributed by atoms with van der Waals surface area (Å²) in [5, 5.41) is 12.3. The minimum atomic E-state index is -0.296. The summed E-state index contributed by atoms with van der Waals surface area (Å²) >= 11 is 0. The normalized spacial score (nSPS) is 31.1. The van der Waals surface area contributed by atoms with Gasteiger partial charge in [-0.25, -0.2) is 0 Å². The Balaban J connectivity index is 2.61. The van der Waals surface area contributed by atoms with Crippen LogP contribution in [0.25, 0.3) is 0 Å². The van der Waals surface area contributed by atoms with Gasteiger partial charge in [0.2, 0.25) is 5.91 Å². The summed E-state index contributed by atoms with van der Waals surface area (Å²) in [7, 11) is 1.64. The molecule has 3 unspecified atom stereocenters. The van der Waals surface area contributed by atoms with Crippen molar-refractivity contribution >= 4 is 5.91 Å². The number of rotatable bonds is 2. The molecule has 0 aromatic carbocycles. The van der Waals surface area contributed by atoms with E-state index in [1.807, 2.05) is 13.8 Å².